The van der Waals surface area contributed by atoms with Crippen molar-refractivity contribution in [2.75, 3.05) is 0 Å². The maximum atomic E-state index is 13.2. The fourth-order valence-electron chi connectivity index (χ4n) is 5.07. The minimum Gasteiger partial charge on any atom is -0.209 e. The monoisotopic (exact) mass is 557 g/mol. The Bertz CT molecular complexity index is 1100. The van der Waals surface area contributed by atoms with Crippen LogP contribution >= 0.6 is 15.8 Å². The van der Waals surface area contributed by atoms with Crippen LogP contribution < -0.4 is 15.9 Å². The summed E-state index contributed by atoms with van der Waals surface area (Å²) in [6.07, 6.45) is -8.93. The first kappa shape index (κ1) is 29.8. The van der Waals surface area contributed by atoms with E-state index in [2.05, 4.69) is 53.7 Å². The summed E-state index contributed by atoms with van der Waals surface area (Å²) in [5, 5.41) is 2.63. The van der Waals surface area contributed by atoms with Crippen molar-refractivity contribution in [1.82, 2.24) is 0 Å². The van der Waals surface area contributed by atoms with Crippen LogP contribution in [0.2, 0.25) is 0 Å². The molecule has 0 aliphatic carbocycles. The highest BCUT2D eigenvalue weighted by atomic mass is 31.1. The van der Waals surface area contributed by atoms with Gasteiger partial charge in [-0.05, 0) is 58.8 Å². The Hall–Kier alpha value is -1.77. The molecule has 0 bridgehead atoms. The Morgan fingerprint density at radius 3 is 1.32 bits per heavy atom. The van der Waals surface area contributed by atoms with Gasteiger partial charge in [-0.3, -0.25) is 0 Å². The van der Waals surface area contributed by atoms with Gasteiger partial charge in [0.05, 0.1) is 11.1 Å². The molecule has 8 heteroatoms. The van der Waals surface area contributed by atoms with E-state index in [9.17, 15) is 26.3 Å². The van der Waals surface area contributed by atoms with Crippen molar-refractivity contribution in [3.8, 4) is 0 Å². The normalized spacial score (nSPS) is 14.5. The van der Waals surface area contributed by atoms with E-state index in [0.29, 0.717) is 10.6 Å². The second-order valence-corrected chi connectivity index (χ2v) is 17.6. The predicted molar refractivity (Wildman–Crippen MR) is 146 cm³/mol. The Labute approximate surface area is 218 Å². The molecule has 3 aromatic carbocycles. The second kappa shape index (κ2) is 10.4. The lowest BCUT2D eigenvalue weighted by atomic mass is 10.2. The first-order chi connectivity index (χ1) is 16.8. The molecule has 0 saturated carbocycles. The van der Waals surface area contributed by atoms with Gasteiger partial charge < -0.3 is 0 Å². The molecule has 0 nitrogen and oxygen atoms in total. The molecule has 3 rings (SSSR count). The van der Waals surface area contributed by atoms with Gasteiger partial charge in [0.25, 0.3) is 0 Å². The Morgan fingerprint density at radius 2 is 1.00 bits per heavy atom. The Balaban J connectivity index is 2.16. The van der Waals surface area contributed by atoms with E-state index >= 15 is 0 Å². The zero-order valence-electron chi connectivity index (χ0n) is 22.1. The molecule has 0 radical (unpaired) electrons. The van der Waals surface area contributed by atoms with Crippen LogP contribution in [0.3, 0.4) is 0 Å². The molecule has 0 N–H and O–H groups in total. The van der Waals surface area contributed by atoms with Gasteiger partial charge >= 0.3 is 12.4 Å². The first-order valence-electron chi connectivity index (χ1n) is 12.0. The van der Waals surface area contributed by atoms with Crippen molar-refractivity contribution in [3.63, 3.8) is 0 Å². The van der Waals surface area contributed by atoms with Crippen LogP contribution in [0.25, 0.3) is 0 Å². The quantitative estimate of drug-likeness (QED) is 0.167. The van der Waals surface area contributed by atoms with Gasteiger partial charge in [0, 0.05) is 0 Å². The summed E-state index contributed by atoms with van der Waals surface area (Å²) < 4.78 is 79.5. The zero-order chi connectivity index (χ0) is 28.0. The van der Waals surface area contributed by atoms with Gasteiger partial charge in [0.1, 0.15) is 0 Å². The molecule has 0 amide bonds. The summed E-state index contributed by atoms with van der Waals surface area (Å²) in [7, 11) is -1.94. The van der Waals surface area contributed by atoms with Gasteiger partial charge in [-0.2, -0.15) is 44.0 Å². The van der Waals surface area contributed by atoms with Crippen molar-refractivity contribution in [3.05, 3.63) is 83.4 Å². The zero-order valence-corrected chi connectivity index (χ0v) is 23.9. The number of rotatable bonds is 5. The fraction of sp³-hybridized carbons (Fsp3) is 0.414. The topological polar surface area (TPSA) is 0 Å². The van der Waals surface area contributed by atoms with Crippen LogP contribution in [0.5, 0.6) is 0 Å². The molecule has 0 spiro atoms. The van der Waals surface area contributed by atoms with Gasteiger partial charge in [0.15, 0.2) is 0 Å². The molecule has 0 aliphatic heterocycles. The Morgan fingerprint density at radius 1 is 0.622 bits per heavy atom. The molecule has 0 saturated heterocycles. The van der Waals surface area contributed by atoms with Crippen LogP contribution in [0.1, 0.15) is 70.8 Å². The van der Waals surface area contributed by atoms with Gasteiger partial charge in [0.2, 0.25) is 0 Å². The lowest BCUT2D eigenvalue weighted by molar-refractivity contribution is -0.138. The summed E-state index contributed by atoms with van der Waals surface area (Å²) in [6.45, 7) is 15.4. The average molecular weight is 558 g/mol. The van der Waals surface area contributed by atoms with E-state index in [-0.39, 0.29) is 16.0 Å². The molecular formula is C29H33F6P2-. The smallest absolute Gasteiger partial charge is 0.209 e. The third-order valence-corrected chi connectivity index (χ3v) is 12.5. The van der Waals surface area contributed by atoms with Crippen LogP contribution in [0.4, 0.5) is 26.3 Å². The molecule has 37 heavy (non-hydrogen) atoms. The molecule has 0 unspecified atom stereocenters. The van der Waals surface area contributed by atoms with Crippen LogP contribution in [0.15, 0.2) is 66.7 Å². The molecule has 1 atom stereocenters. The number of hydrogen-bond donors (Lipinski definition) is 0. The Kier molecular flexibility index (Phi) is 8.39. The summed E-state index contributed by atoms with van der Waals surface area (Å²) in [6, 6.07) is 16.4. The van der Waals surface area contributed by atoms with Crippen LogP contribution in [0, 0.1) is 0 Å². The maximum absolute atomic E-state index is 13.2. The summed E-state index contributed by atoms with van der Waals surface area (Å²) in [4.78, 5) is 0. The first-order valence-corrected chi connectivity index (χ1v) is 14.8. The average Bonchev–Trinajstić information content (AvgIpc) is 3.20. The third-order valence-electron chi connectivity index (χ3n) is 6.19. The van der Waals surface area contributed by atoms with Crippen molar-refractivity contribution < 1.29 is 26.3 Å². The van der Waals surface area contributed by atoms with Gasteiger partial charge in [-0.15, -0.1) is 5.30 Å². The summed E-state index contributed by atoms with van der Waals surface area (Å²) in [5.41, 5.74) is -0.501. The minimum atomic E-state index is -4.46. The molecular weight excluding hydrogens is 524 g/mol. The highest BCUT2D eigenvalue weighted by Crippen LogP contribution is 2.61. The summed E-state index contributed by atoms with van der Waals surface area (Å²) >= 11 is 0. The van der Waals surface area contributed by atoms with E-state index in [4.69, 9.17) is 0 Å². The van der Waals surface area contributed by atoms with Crippen molar-refractivity contribution in [2.45, 2.75) is 76.8 Å². The molecule has 0 aliphatic rings. The van der Waals surface area contributed by atoms with Crippen LogP contribution in [-0.2, 0) is 12.4 Å². The van der Waals surface area contributed by atoms with E-state index in [0.717, 1.165) is 29.8 Å². The van der Waals surface area contributed by atoms with E-state index in [1.165, 1.54) is 29.6 Å². The third kappa shape index (κ3) is 6.82. The lowest BCUT2D eigenvalue weighted by Gasteiger charge is -2.46. The molecule has 0 fully saturated rings. The highest BCUT2D eigenvalue weighted by molar-refractivity contribution is 7.73. The standard InChI is InChI=1S/C29H33F6P2/c1-19(24-9-8-10-25(24)37(26(2,3)4)27(5,6)7)36(22-15-11-20(12-16-22)28(30,31)32)23-17-13-21(14-18-23)29(33,34)35/h8-19H,1-7H3/q-1/t19-/m0/s1. The largest absolute Gasteiger partial charge is 0.416 e. The van der Waals surface area contributed by atoms with Crippen molar-refractivity contribution >= 4 is 31.8 Å². The van der Waals surface area contributed by atoms with Gasteiger partial charge in [-0.25, -0.2) is 6.07 Å². The SMILES string of the molecule is C[C@@H](c1cc[cH-]c1P(C(C)(C)C)C(C)(C)C)P(c1ccc(C(F)(F)F)cc1)c1ccc(C(F)(F)F)cc1. The molecule has 0 aromatic heterocycles. The summed E-state index contributed by atoms with van der Waals surface area (Å²) in [5.74, 6) is 0. The number of hydrogen-bond acceptors (Lipinski definition) is 0. The maximum Gasteiger partial charge on any atom is 0.416 e. The van der Waals surface area contributed by atoms with Gasteiger partial charge in [-0.1, -0.05) is 80.7 Å². The fourth-order valence-corrected chi connectivity index (χ4v) is 12.0. The highest BCUT2D eigenvalue weighted by Gasteiger charge is 2.36. The molecule has 3 aromatic rings. The molecule has 202 valence electrons. The predicted octanol–water partition coefficient (Wildman–Crippen LogP) is 9.34. The lowest BCUT2D eigenvalue weighted by Crippen LogP contribution is -2.32. The van der Waals surface area contributed by atoms with E-state index < -0.39 is 39.3 Å². The van der Waals surface area contributed by atoms with Crippen LogP contribution in [-0.4, -0.2) is 10.3 Å². The van der Waals surface area contributed by atoms with Crippen molar-refractivity contribution in [1.29, 1.82) is 0 Å². The van der Waals surface area contributed by atoms with E-state index in [1.807, 2.05) is 13.0 Å². The van der Waals surface area contributed by atoms with E-state index in [1.54, 1.807) is 0 Å². The number of halogens is 6. The number of benzene rings is 2. The molecule has 0 heterocycles. The van der Waals surface area contributed by atoms with Crippen molar-refractivity contribution in [2.24, 2.45) is 0 Å². The number of alkyl halides is 6. The minimum absolute atomic E-state index is 0.00186. The second-order valence-electron chi connectivity index (χ2n) is 11.2.